The number of rotatable bonds is 5. The molecular formula is C23H22F3N3O3. The lowest BCUT2D eigenvalue weighted by Crippen LogP contribution is -2.44. The molecule has 2 aromatic carbocycles. The number of nitrogens with zero attached hydrogens (tertiary/aromatic N) is 3. The Bertz CT molecular complexity index is 1060. The summed E-state index contributed by atoms with van der Waals surface area (Å²) < 4.78 is 46.3. The van der Waals surface area contributed by atoms with Gasteiger partial charge in [-0.2, -0.15) is 18.3 Å². The fourth-order valence-electron chi connectivity index (χ4n) is 3.74. The van der Waals surface area contributed by atoms with Gasteiger partial charge in [-0.05, 0) is 24.1 Å². The van der Waals surface area contributed by atoms with E-state index in [4.69, 9.17) is 4.74 Å². The number of benzene rings is 2. The third-order valence-corrected chi connectivity index (χ3v) is 5.28. The molecule has 32 heavy (non-hydrogen) atoms. The van der Waals surface area contributed by atoms with Gasteiger partial charge in [0, 0.05) is 13.6 Å². The highest BCUT2D eigenvalue weighted by Gasteiger charge is 2.46. The van der Waals surface area contributed by atoms with Gasteiger partial charge >= 0.3 is 12.1 Å². The number of hydrogen-bond acceptors (Lipinski definition) is 5. The Hall–Kier alpha value is -3.49. The summed E-state index contributed by atoms with van der Waals surface area (Å²) in [7, 11) is 2.65. The molecule has 0 N–H and O–H groups in total. The Balaban J connectivity index is 2.09. The van der Waals surface area contributed by atoms with Gasteiger partial charge in [0.1, 0.15) is 11.6 Å². The second-order valence-corrected chi connectivity index (χ2v) is 7.44. The fraction of sp³-hybridized carbons (Fsp3) is 0.304. The van der Waals surface area contributed by atoms with Gasteiger partial charge in [0.15, 0.2) is 0 Å². The summed E-state index contributed by atoms with van der Waals surface area (Å²) in [6, 6.07) is 14.0. The summed E-state index contributed by atoms with van der Waals surface area (Å²) in [5.74, 6) is -3.94. The fourth-order valence-corrected chi connectivity index (χ4v) is 3.74. The van der Waals surface area contributed by atoms with Gasteiger partial charge in [0.05, 0.1) is 24.3 Å². The molecule has 0 aliphatic carbocycles. The van der Waals surface area contributed by atoms with Crippen molar-refractivity contribution in [2.45, 2.75) is 25.6 Å². The van der Waals surface area contributed by atoms with E-state index >= 15 is 0 Å². The maximum Gasteiger partial charge on any atom is 0.416 e. The monoisotopic (exact) mass is 445 g/mol. The topological polar surface area (TPSA) is 71.3 Å². The molecule has 0 radical (unpaired) electrons. The lowest BCUT2D eigenvalue weighted by Gasteiger charge is -2.31. The first-order valence-electron chi connectivity index (χ1n) is 9.80. The van der Waals surface area contributed by atoms with Crippen LogP contribution in [0.1, 0.15) is 29.5 Å². The number of carbonyl (C=O) groups excluding carboxylic acids is 2. The van der Waals surface area contributed by atoms with E-state index in [1.54, 1.807) is 0 Å². The summed E-state index contributed by atoms with van der Waals surface area (Å²) in [4.78, 5) is 27.2. The highest BCUT2D eigenvalue weighted by atomic mass is 19.4. The van der Waals surface area contributed by atoms with Crippen molar-refractivity contribution in [3.05, 3.63) is 71.3 Å². The first kappa shape index (κ1) is 23.2. The smallest absolute Gasteiger partial charge is 0.416 e. The van der Waals surface area contributed by atoms with Crippen molar-refractivity contribution in [3.63, 3.8) is 0 Å². The van der Waals surface area contributed by atoms with Crippen molar-refractivity contribution in [3.8, 4) is 0 Å². The molecule has 0 bridgehead atoms. The van der Waals surface area contributed by atoms with Crippen LogP contribution in [-0.4, -0.2) is 42.4 Å². The normalized spacial score (nSPS) is 18.4. The molecule has 1 aliphatic rings. The van der Waals surface area contributed by atoms with E-state index in [9.17, 15) is 22.8 Å². The van der Waals surface area contributed by atoms with Crippen LogP contribution in [0.2, 0.25) is 0 Å². The molecule has 3 rings (SSSR count). The first-order valence-corrected chi connectivity index (χ1v) is 9.80. The van der Waals surface area contributed by atoms with Gasteiger partial charge in [0.2, 0.25) is 0 Å². The molecule has 0 spiro atoms. The predicted octanol–water partition coefficient (Wildman–Crippen LogP) is 4.07. The highest BCUT2D eigenvalue weighted by molar-refractivity contribution is 6.42. The Labute approximate surface area is 183 Å². The molecule has 1 aliphatic heterocycles. The zero-order chi connectivity index (χ0) is 23.5. The van der Waals surface area contributed by atoms with E-state index in [0.29, 0.717) is 0 Å². The van der Waals surface area contributed by atoms with Crippen molar-refractivity contribution in [1.82, 2.24) is 4.90 Å². The number of halogens is 3. The Morgan fingerprint density at radius 2 is 1.66 bits per heavy atom. The van der Waals surface area contributed by atoms with Crippen LogP contribution < -0.4 is 0 Å². The van der Waals surface area contributed by atoms with E-state index in [-0.39, 0.29) is 23.5 Å². The standard InChI is InChI=1S/C23H22F3N3O3/c1-14-18(22(31)32-3)19(16-11-7-8-12-17(16)23(24,25)26)20(28-27-14)21(30)29(2)13-15-9-5-4-6-10-15/h4-12,18-19H,13H2,1-3H3. The highest BCUT2D eigenvalue weighted by Crippen LogP contribution is 2.40. The molecule has 1 heterocycles. The minimum absolute atomic E-state index is 0.168. The molecule has 0 fully saturated rings. The minimum Gasteiger partial charge on any atom is -0.468 e. The van der Waals surface area contributed by atoms with Gasteiger partial charge in [-0.25, -0.2) is 0 Å². The maximum atomic E-state index is 13.8. The van der Waals surface area contributed by atoms with Crippen molar-refractivity contribution < 1.29 is 27.5 Å². The van der Waals surface area contributed by atoms with Crippen molar-refractivity contribution in [2.75, 3.05) is 14.2 Å². The molecule has 6 nitrogen and oxygen atoms in total. The van der Waals surface area contributed by atoms with Crippen LogP contribution in [0, 0.1) is 5.92 Å². The first-order chi connectivity index (χ1) is 15.1. The average molecular weight is 445 g/mol. The Morgan fingerprint density at radius 3 is 2.28 bits per heavy atom. The third-order valence-electron chi connectivity index (χ3n) is 5.28. The van der Waals surface area contributed by atoms with Gasteiger partial charge in [0.25, 0.3) is 5.91 Å². The second kappa shape index (κ2) is 9.33. The third kappa shape index (κ3) is 4.71. The van der Waals surface area contributed by atoms with E-state index in [1.807, 2.05) is 30.3 Å². The molecular weight excluding hydrogens is 423 g/mol. The zero-order valence-corrected chi connectivity index (χ0v) is 17.8. The lowest BCUT2D eigenvalue weighted by atomic mass is 9.77. The number of hydrogen-bond donors (Lipinski definition) is 0. The molecule has 0 saturated heterocycles. The van der Waals surface area contributed by atoms with Crippen molar-refractivity contribution in [2.24, 2.45) is 16.1 Å². The number of amides is 1. The van der Waals surface area contributed by atoms with Crippen LogP contribution >= 0.6 is 0 Å². The largest absolute Gasteiger partial charge is 0.468 e. The molecule has 9 heteroatoms. The van der Waals surface area contributed by atoms with Crippen LogP contribution in [0.15, 0.2) is 64.8 Å². The van der Waals surface area contributed by atoms with Gasteiger partial charge in [-0.15, -0.1) is 5.10 Å². The molecule has 168 valence electrons. The molecule has 0 saturated carbocycles. The summed E-state index contributed by atoms with van der Waals surface area (Å²) in [6.07, 6.45) is -4.69. The molecule has 1 amide bonds. The quantitative estimate of drug-likeness (QED) is 0.652. The van der Waals surface area contributed by atoms with E-state index in [2.05, 4.69) is 10.2 Å². The average Bonchev–Trinajstić information content (AvgIpc) is 2.78. The molecule has 2 aromatic rings. The second-order valence-electron chi connectivity index (χ2n) is 7.44. The van der Waals surface area contributed by atoms with E-state index < -0.39 is 35.5 Å². The van der Waals surface area contributed by atoms with Crippen LogP contribution in [0.3, 0.4) is 0 Å². The van der Waals surface area contributed by atoms with Crippen LogP contribution in [0.5, 0.6) is 0 Å². The number of carbonyl (C=O) groups is 2. The summed E-state index contributed by atoms with van der Waals surface area (Å²) >= 11 is 0. The van der Waals surface area contributed by atoms with Crippen LogP contribution in [0.25, 0.3) is 0 Å². The van der Waals surface area contributed by atoms with Gasteiger partial charge in [-0.1, -0.05) is 48.5 Å². The maximum absolute atomic E-state index is 13.8. The van der Waals surface area contributed by atoms with Crippen molar-refractivity contribution >= 4 is 23.3 Å². The summed E-state index contributed by atoms with van der Waals surface area (Å²) in [5.41, 5.74) is -0.428. The lowest BCUT2D eigenvalue weighted by molar-refractivity contribution is -0.144. The predicted molar refractivity (Wildman–Crippen MR) is 113 cm³/mol. The van der Waals surface area contributed by atoms with E-state index in [1.165, 1.54) is 37.1 Å². The number of ether oxygens (including phenoxy) is 1. The zero-order valence-electron chi connectivity index (χ0n) is 17.8. The van der Waals surface area contributed by atoms with E-state index in [0.717, 1.165) is 18.7 Å². The Morgan fingerprint density at radius 1 is 1.03 bits per heavy atom. The number of esters is 1. The van der Waals surface area contributed by atoms with Crippen molar-refractivity contribution in [1.29, 1.82) is 0 Å². The van der Waals surface area contributed by atoms with Gasteiger partial charge < -0.3 is 9.64 Å². The minimum atomic E-state index is -4.69. The molecule has 2 unspecified atom stereocenters. The van der Waals surface area contributed by atoms with Crippen LogP contribution in [-0.2, 0) is 27.0 Å². The van der Waals surface area contributed by atoms with Crippen LogP contribution in [0.4, 0.5) is 13.2 Å². The molecule has 2 atom stereocenters. The SMILES string of the molecule is COC(=O)C1C(C)=NN=C(C(=O)N(C)Cc2ccccc2)C1c1ccccc1C(F)(F)F. The Kier molecular flexibility index (Phi) is 6.76. The summed E-state index contributed by atoms with van der Waals surface area (Å²) in [6.45, 7) is 1.68. The molecule has 0 aromatic heterocycles. The summed E-state index contributed by atoms with van der Waals surface area (Å²) in [5, 5.41) is 7.87. The number of alkyl halides is 3. The van der Waals surface area contributed by atoms with Gasteiger partial charge in [-0.3, -0.25) is 9.59 Å². The number of methoxy groups -OCH3 is 1.